The predicted octanol–water partition coefficient (Wildman–Crippen LogP) is 0.855. The Balaban J connectivity index is 1.71. The summed E-state index contributed by atoms with van der Waals surface area (Å²) >= 11 is 0. The van der Waals surface area contributed by atoms with E-state index in [0.29, 0.717) is 24.0 Å². The lowest BCUT2D eigenvalue weighted by Gasteiger charge is -2.09. The summed E-state index contributed by atoms with van der Waals surface area (Å²) in [4.78, 5) is 11.6. The zero-order valence-electron chi connectivity index (χ0n) is 9.45. The van der Waals surface area contributed by atoms with Crippen molar-refractivity contribution in [3.63, 3.8) is 0 Å². The Labute approximate surface area is 94.6 Å². The fourth-order valence-corrected chi connectivity index (χ4v) is 1.93. The van der Waals surface area contributed by atoms with Crippen LogP contribution < -0.4 is 10.6 Å². The first-order chi connectivity index (χ1) is 7.75. The second-order valence-corrected chi connectivity index (χ2v) is 4.16. The summed E-state index contributed by atoms with van der Waals surface area (Å²) in [7, 11) is 0. The maximum Gasteiger partial charge on any atom is 0.273 e. The average molecular weight is 223 g/mol. The number of hydrogen-bond acceptors (Lipinski definition) is 4. The van der Waals surface area contributed by atoms with Gasteiger partial charge in [0.25, 0.3) is 5.91 Å². The van der Waals surface area contributed by atoms with Crippen molar-refractivity contribution in [2.75, 3.05) is 13.1 Å². The zero-order chi connectivity index (χ0) is 11.4. The van der Waals surface area contributed by atoms with Gasteiger partial charge in [0.05, 0.1) is 0 Å². The van der Waals surface area contributed by atoms with Gasteiger partial charge in [-0.15, -0.1) is 0 Å². The molecule has 1 fully saturated rings. The van der Waals surface area contributed by atoms with Crippen molar-refractivity contribution in [3.8, 4) is 0 Å². The van der Waals surface area contributed by atoms with Gasteiger partial charge in [-0.3, -0.25) is 4.79 Å². The summed E-state index contributed by atoms with van der Waals surface area (Å²) in [5, 5.41) is 9.89. The molecule has 5 nitrogen and oxygen atoms in total. The van der Waals surface area contributed by atoms with Crippen LogP contribution >= 0.6 is 0 Å². The van der Waals surface area contributed by atoms with Gasteiger partial charge in [0, 0.05) is 18.7 Å². The van der Waals surface area contributed by atoms with Crippen molar-refractivity contribution in [2.45, 2.75) is 32.2 Å². The van der Waals surface area contributed by atoms with Crippen molar-refractivity contribution < 1.29 is 9.32 Å². The largest absolute Gasteiger partial charge is 0.361 e. The lowest BCUT2D eigenvalue weighted by molar-refractivity contribution is 0.0943. The maximum atomic E-state index is 11.6. The third-order valence-corrected chi connectivity index (χ3v) is 2.80. The Morgan fingerprint density at radius 1 is 1.75 bits per heavy atom. The highest BCUT2D eigenvalue weighted by Crippen LogP contribution is 2.07. The van der Waals surface area contributed by atoms with Crippen molar-refractivity contribution >= 4 is 5.91 Å². The topological polar surface area (TPSA) is 67.2 Å². The van der Waals surface area contributed by atoms with Crippen molar-refractivity contribution in [2.24, 2.45) is 0 Å². The van der Waals surface area contributed by atoms with Gasteiger partial charge < -0.3 is 15.2 Å². The first kappa shape index (κ1) is 11.1. The molecule has 5 heteroatoms. The molecule has 0 aliphatic carbocycles. The minimum atomic E-state index is -0.158. The molecule has 0 saturated carbocycles. The number of carbonyl (C=O) groups excluding carboxylic acids is 1. The minimum Gasteiger partial charge on any atom is -0.361 e. The standard InChI is InChI=1S/C11H17N3O2/c1-8-7-10(14-16-8)11(15)13-6-4-9-3-2-5-12-9/h7,9,12H,2-6H2,1H3,(H,13,15)/t9-/m0/s1. The molecule has 0 unspecified atom stereocenters. The smallest absolute Gasteiger partial charge is 0.273 e. The highest BCUT2D eigenvalue weighted by molar-refractivity contribution is 5.92. The molecule has 1 aliphatic heterocycles. The van der Waals surface area contributed by atoms with Crippen LogP contribution in [0.4, 0.5) is 0 Å². The SMILES string of the molecule is Cc1cc(C(=O)NCC[C@@H]2CCCN2)no1. The van der Waals surface area contributed by atoms with E-state index in [1.807, 2.05) is 0 Å². The number of nitrogens with zero attached hydrogens (tertiary/aromatic N) is 1. The Hall–Kier alpha value is -1.36. The highest BCUT2D eigenvalue weighted by Gasteiger charge is 2.15. The molecule has 0 radical (unpaired) electrons. The molecule has 1 amide bonds. The molecule has 1 saturated heterocycles. The molecule has 1 aliphatic rings. The third-order valence-electron chi connectivity index (χ3n) is 2.80. The molecule has 2 rings (SSSR count). The molecule has 1 atom stereocenters. The van der Waals surface area contributed by atoms with Gasteiger partial charge in [0.15, 0.2) is 5.69 Å². The molecule has 0 bridgehead atoms. The Morgan fingerprint density at radius 2 is 2.62 bits per heavy atom. The van der Waals surface area contributed by atoms with Gasteiger partial charge in [-0.1, -0.05) is 5.16 Å². The molecule has 16 heavy (non-hydrogen) atoms. The fourth-order valence-electron chi connectivity index (χ4n) is 1.93. The van der Waals surface area contributed by atoms with Crippen LogP contribution in [0.25, 0.3) is 0 Å². The molecule has 1 aromatic rings. The second kappa shape index (κ2) is 5.12. The van der Waals surface area contributed by atoms with Gasteiger partial charge in [-0.2, -0.15) is 0 Å². The van der Waals surface area contributed by atoms with E-state index in [1.54, 1.807) is 13.0 Å². The van der Waals surface area contributed by atoms with Crippen LogP contribution in [0.3, 0.4) is 0 Å². The summed E-state index contributed by atoms with van der Waals surface area (Å²) in [6.07, 6.45) is 3.42. The zero-order valence-corrected chi connectivity index (χ0v) is 9.45. The van der Waals surface area contributed by atoms with Gasteiger partial charge in [0.2, 0.25) is 0 Å². The molecular formula is C11H17N3O2. The first-order valence-corrected chi connectivity index (χ1v) is 5.70. The van der Waals surface area contributed by atoms with Gasteiger partial charge in [-0.05, 0) is 32.7 Å². The third kappa shape index (κ3) is 2.82. The van der Waals surface area contributed by atoms with E-state index in [0.717, 1.165) is 13.0 Å². The number of hydrogen-bond donors (Lipinski definition) is 2. The molecular weight excluding hydrogens is 206 g/mol. The van der Waals surface area contributed by atoms with Crippen LogP contribution in [0.5, 0.6) is 0 Å². The van der Waals surface area contributed by atoms with Crippen LogP contribution in [-0.2, 0) is 0 Å². The number of nitrogens with one attached hydrogen (secondary N) is 2. The summed E-state index contributed by atoms with van der Waals surface area (Å²) in [5.41, 5.74) is 0.358. The lowest BCUT2D eigenvalue weighted by Crippen LogP contribution is -2.30. The summed E-state index contributed by atoms with van der Waals surface area (Å²) in [5.74, 6) is 0.498. The number of rotatable bonds is 4. The van der Waals surface area contributed by atoms with E-state index >= 15 is 0 Å². The van der Waals surface area contributed by atoms with Gasteiger partial charge in [-0.25, -0.2) is 0 Å². The quantitative estimate of drug-likeness (QED) is 0.794. The summed E-state index contributed by atoms with van der Waals surface area (Å²) in [6.45, 7) is 3.55. The fraction of sp³-hybridized carbons (Fsp3) is 0.636. The van der Waals surface area contributed by atoms with E-state index in [-0.39, 0.29) is 5.91 Å². The monoisotopic (exact) mass is 223 g/mol. The van der Waals surface area contributed by atoms with Crippen LogP contribution in [0.15, 0.2) is 10.6 Å². The number of amides is 1. The van der Waals surface area contributed by atoms with E-state index in [2.05, 4.69) is 15.8 Å². The van der Waals surface area contributed by atoms with E-state index in [4.69, 9.17) is 4.52 Å². The Morgan fingerprint density at radius 3 is 3.25 bits per heavy atom. The highest BCUT2D eigenvalue weighted by atomic mass is 16.5. The predicted molar refractivity (Wildman–Crippen MR) is 59.2 cm³/mol. The molecule has 2 heterocycles. The average Bonchev–Trinajstić information content (AvgIpc) is 2.89. The summed E-state index contributed by atoms with van der Waals surface area (Å²) in [6, 6.07) is 2.20. The molecule has 88 valence electrons. The normalized spacial score (nSPS) is 19.9. The molecule has 1 aromatic heterocycles. The summed E-state index contributed by atoms with van der Waals surface area (Å²) < 4.78 is 4.84. The van der Waals surface area contributed by atoms with Crippen molar-refractivity contribution in [1.29, 1.82) is 0 Å². The van der Waals surface area contributed by atoms with Gasteiger partial charge >= 0.3 is 0 Å². The van der Waals surface area contributed by atoms with Gasteiger partial charge in [0.1, 0.15) is 5.76 Å². The van der Waals surface area contributed by atoms with E-state index in [9.17, 15) is 4.79 Å². The Kier molecular flexibility index (Phi) is 3.56. The number of aromatic nitrogens is 1. The number of aryl methyl sites for hydroxylation is 1. The first-order valence-electron chi connectivity index (χ1n) is 5.70. The van der Waals surface area contributed by atoms with E-state index in [1.165, 1.54) is 12.8 Å². The van der Waals surface area contributed by atoms with Crippen LogP contribution in [0.1, 0.15) is 35.5 Å². The number of carbonyl (C=O) groups is 1. The van der Waals surface area contributed by atoms with Crippen molar-refractivity contribution in [3.05, 3.63) is 17.5 Å². The molecule has 0 aromatic carbocycles. The van der Waals surface area contributed by atoms with Crippen molar-refractivity contribution in [1.82, 2.24) is 15.8 Å². The maximum absolute atomic E-state index is 11.6. The van der Waals surface area contributed by atoms with E-state index < -0.39 is 0 Å². The molecule has 2 N–H and O–H groups in total. The van der Waals surface area contributed by atoms with Crippen LogP contribution in [-0.4, -0.2) is 30.2 Å². The second-order valence-electron chi connectivity index (χ2n) is 4.16. The Bertz CT molecular complexity index is 356. The minimum absolute atomic E-state index is 0.158. The molecule has 0 spiro atoms. The lowest BCUT2D eigenvalue weighted by atomic mass is 10.1. The van der Waals surface area contributed by atoms with Crippen LogP contribution in [0.2, 0.25) is 0 Å². The van der Waals surface area contributed by atoms with Crippen LogP contribution in [0, 0.1) is 6.92 Å².